The van der Waals surface area contributed by atoms with E-state index in [9.17, 15) is 18.0 Å². The summed E-state index contributed by atoms with van der Waals surface area (Å²) in [5.74, 6) is -0.279. The van der Waals surface area contributed by atoms with Gasteiger partial charge in [0, 0.05) is 24.0 Å². The van der Waals surface area contributed by atoms with Crippen molar-refractivity contribution in [3.63, 3.8) is 0 Å². The van der Waals surface area contributed by atoms with E-state index in [2.05, 4.69) is 5.32 Å². The van der Waals surface area contributed by atoms with E-state index in [4.69, 9.17) is 16.3 Å². The second-order valence-electron chi connectivity index (χ2n) is 11.7. The Morgan fingerprint density at radius 2 is 1.49 bits per heavy atom. The molecule has 2 amide bonds. The maximum Gasteiger partial charge on any atom is 0.264 e. The third kappa shape index (κ3) is 8.93. The van der Waals surface area contributed by atoms with Crippen molar-refractivity contribution in [1.29, 1.82) is 0 Å². The van der Waals surface area contributed by atoms with Crippen molar-refractivity contribution in [2.75, 3.05) is 18.0 Å². The Bertz CT molecular complexity index is 1730. The first-order chi connectivity index (χ1) is 22.7. The van der Waals surface area contributed by atoms with Gasteiger partial charge < -0.3 is 15.0 Å². The molecule has 0 spiro atoms. The van der Waals surface area contributed by atoms with Crippen molar-refractivity contribution >= 4 is 39.1 Å². The lowest BCUT2D eigenvalue weighted by Gasteiger charge is -2.35. The Morgan fingerprint density at radius 3 is 2.11 bits per heavy atom. The molecule has 10 heteroatoms. The number of nitrogens with zero attached hydrogens (tertiary/aromatic N) is 2. The second-order valence-corrected chi connectivity index (χ2v) is 14.0. The normalized spacial score (nSPS) is 14.2. The van der Waals surface area contributed by atoms with E-state index in [1.54, 1.807) is 30.3 Å². The van der Waals surface area contributed by atoms with E-state index < -0.39 is 28.5 Å². The van der Waals surface area contributed by atoms with E-state index >= 15 is 0 Å². The average molecular weight is 674 g/mol. The van der Waals surface area contributed by atoms with Crippen LogP contribution in [0.5, 0.6) is 5.75 Å². The van der Waals surface area contributed by atoms with Crippen LogP contribution in [0.1, 0.15) is 43.2 Å². The van der Waals surface area contributed by atoms with Gasteiger partial charge in [0.15, 0.2) is 0 Å². The first-order valence-electron chi connectivity index (χ1n) is 15.8. The van der Waals surface area contributed by atoms with Gasteiger partial charge >= 0.3 is 0 Å². The number of amides is 2. The van der Waals surface area contributed by atoms with Crippen molar-refractivity contribution < 1.29 is 22.7 Å². The van der Waals surface area contributed by atoms with Crippen LogP contribution in [0.2, 0.25) is 5.02 Å². The summed E-state index contributed by atoms with van der Waals surface area (Å²) in [6.07, 6.45) is 5.26. The molecular formula is C37H40ClN3O5S. The van der Waals surface area contributed by atoms with Gasteiger partial charge in [-0.1, -0.05) is 97.6 Å². The monoisotopic (exact) mass is 673 g/mol. The third-order valence-corrected chi connectivity index (χ3v) is 10.5. The van der Waals surface area contributed by atoms with Gasteiger partial charge in [-0.15, -0.1) is 0 Å². The number of hydrogen-bond donors (Lipinski definition) is 1. The minimum absolute atomic E-state index is 0.0171. The molecule has 1 saturated carbocycles. The number of sulfonamides is 1. The number of carbonyl (C=O) groups excluding carboxylic acids is 2. The highest BCUT2D eigenvalue weighted by Gasteiger charge is 2.35. The lowest BCUT2D eigenvalue weighted by Crippen LogP contribution is -2.55. The molecule has 0 aliphatic heterocycles. The summed E-state index contributed by atoms with van der Waals surface area (Å²) in [6, 6.07) is 30.5. The molecule has 0 unspecified atom stereocenters. The van der Waals surface area contributed by atoms with Crippen LogP contribution in [0, 0.1) is 0 Å². The van der Waals surface area contributed by atoms with Crippen LogP contribution in [0.15, 0.2) is 114 Å². The van der Waals surface area contributed by atoms with Crippen LogP contribution in [-0.4, -0.2) is 50.9 Å². The Kier molecular flexibility index (Phi) is 11.6. The third-order valence-electron chi connectivity index (χ3n) is 8.44. The Labute approximate surface area is 282 Å². The summed E-state index contributed by atoms with van der Waals surface area (Å²) in [5.41, 5.74) is 1.93. The average Bonchev–Trinajstić information content (AvgIpc) is 3.10. The fourth-order valence-corrected chi connectivity index (χ4v) is 7.50. The highest BCUT2D eigenvalue weighted by molar-refractivity contribution is 7.92. The van der Waals surface area contributed by atoms with Gasteiger partial charge in [0.25, 0.3) is 10.0 Å². The number of hydrogen-bond acceptors (Lipinski definition) is 5. The summed E-state index contributed by atoms with van der Waals surface area (Å²) in [6.45, 7) is -0.440. The molecular weight excluding hydrogens is 634 g/mol. The fraction of sp³-hybridized carbons (Fsp3) is 0.297. The smallest absolute Gasteiger partial charge is 0.264 e. The molecule has 1 N–H and O–H groups in total. The molecule has 8 nitrogen and oxygen atoms in total. The number of halogens is 1. The van der Waals surface area contributed by atoms with Crippen molar-refractivity contribution in [1.82, 2.24) is 10.2 Å². The molecule has 1 atom stereocenters. The van der Waals surface area contributed by atoms with Gasteiger partial charge in [0.1, 0.15) is 18.3 Å². The van der Waals surface area contributed by atoms with Crippen molar-refractivity contribution in [2.45, 2.75) is 62.0 Å². The zero-order chi connectivity index (χ0) is 33.2. The summed E-state index contributed by atoms with van der Waals surface area (Å²) in [7, 11) is -2.76. The summed E-state index contributed by atoms with van der Waals surface area (Å²) in [4.78, 5) is 30.3. The summed E-state index contributed by atoms with van der Waals surface area (Å²) < 4.78 is 34.7. The second kappa shape index (κ2) is 16.0. The van der Waals surface area contributed by atoms with Crippen LogP contribution in [0.4, 0.5) is 5.69 Å². The van der Waals surface area contributed by atoms with Crippen molar-refractivity contribution in [3.8, 4) is 5.75 Å². The lowest BCUT2D eigenvalue weighted by atomic mass is 9.94. The first-order valence-corrected chi connectivity index (χ1v) is 17.7. The molecule has 0 heterocycles. The van der Waals surface area contributed by atoms with Crippen LogP contribution in [-0.2, 0) is 32.6 Å². The number of benzene rings is 4. The van der Waals surface area contributed by atoms with Crippen LogP contribution < -0.4 is 14.4 Å². The zero-order valence-electron chi connectivity index (χ0n) is 26.4. The van der Waals surface area contributed by atoms with Gasteiger partial charge in [-0.3, -0.25) is 13.9 Å². The SMILES string of the molecule is COc1ccc(S(=O)(=O)N(CC(=O)N(Cc2ccccc2)[C@H](Cc2ccccc2)C(=O)NC2CCCCC2)c2cccc(Cl)c2)cc1. The molecule has 1 aliphatic rings. The standard InChI is InChI=1S/C37H40ClN3O5S/c1-46-33-20-22-34(23-21-33)47(44,45)41(32-19-11-16-30(38)25-32)27-36(42)40(26-29-14-7-3-8-15-29)35(24-28-12-5-2-6-13-28)37(43)39-31-17-9-4-10-18-31/h2-3,5-8,11-16,19-23,25,31,35H,4,9-10,17-18,24,26-27H2,1H3,(H,39,43)/t35-/m1/s1. The Morgan fingerprint density at radius 1 is 0.851 bits per heavy atom. The molecule has 0 aromatic heterocycles. The molecule has 4 aromatic carbocycles. The largest absolute Gasteiger partial charge is 0.497 e. The highest BCUT2D eigenvalue weighted by Crippen LogP contribution is 2.28. The number of carbonyl (C=O) groups is 2. The maximum absolute atomic E-state index is 14.6. The molecule has 47 heavy (non-hydrogen) atoms. The van der Waals surface area contributed by atoms with E-state index in [-0.39, 0.29) is 35.5 Å². The van der Waals surface area contributed by atoms with Crippen LogP contribution in [0.25, 0.3) is 0 Å². The Hall–Kier alpha value is -4.34. The predicted octanol–water partition coefficient (Wildman–Crippen LogP) is 6.63. The van der Waals surface area contributed by atoms with Crippen molar-refractivity contribution in [3.05, 3.63) is 125 Å². The van der Waals surface area contributed by atoms with E-state index in [0.29, 0.717) is 10.8 Å². The highest BCUT2D eigenvalue weighted by atomic mass is 35.5. The zero-order valence-corrected chi connectivity index (χ0v) is 28.0. The quantitative estimate of drug-likeness (QED) is 0.172. The number of anilines is 1. The predicted molar refractivity (Wildman–Crippen MR) is 185 cm³/mol. The summed E-state index contributed by atoms with van der Waals surface area (Å²) >= 11 is 6.32. The number of ether oxygens (including phenoxy) is 1. The van der Waals surface area contributed by atoms with Gasteiger partial charge in [-0.05, 0) is 66.4 Å². The van der Waals surface area contributed by atoms with Crippen LogP contribution in [0.3, 0.4) is 0 Å². The molecule has 246 valence electrons. The molecule has 0 bridgehead atoms. The lowest BCUT2D eigenvalue weighted by molar-refractivity contribution is -0.140. The van der Waals surface area contributed by atoms with Gasteiger partial charge in [-0.2, -0.15) is 0 Å². The number of nitrogens with one attached hydrogen (secondary N) is 1. The molecule has 0 saturated heterocycles. The molecule has 4 aromatic rings. The van der Waals surface area contributed by atoms with Gasteiger partial charge in [0.2, 0.25) is 11.8 Å². The van der Waals surface area contributed by atoms with E-state index in [1.807, 2.05) is 60.7 Å². The molecule has 5 rings (SSSR count). The summed E-state index contributed by atoms with van der Waals surface area (Å²) in [5, 5.41) is 3.55. The van der Waals surface area contributed by atoms with Gasteiger partial charge in [-0.25, -0.2) is 8.42 Å². The topological polar surface area (TPSA) is 96.0 Å². The van der Waals surface area contributed by atoms with E-state index in [0.717, 1.165) is 47.5 Å². The number of rotatable bonds is 13. The van der Waals surface area contributed by atoms with E-state index in [1.165, 1.54) is 30.2 Å². The van der Waals surface area contributed by atoms with Gasteiger partial charge in [0.05, 0.1) is 17.7 Å². The molecule has 1 fully saturated rings. The Balaban J connectivity index is 1.55. The number of methoxy groups -OCH3 is 1. The van der Waals surface area contributed by atoms with Crippen LogP contribution >= 0.6 is 11.6 Å². The minimum Gasteiger partial charge on any atom is -0.497 e. The first kappa shape index (κ1) is 34.0. The minimum atomic E-state index is -4.25. The molecule has 0 radical (unpaired) electrons. The fourth-order valence-electron chi connectivity index (χ4n) is 5.91. The maximum atomic E-state index is 14.6. The van der Waals surface area contributed by atoms with Crippen molar-refractivity contribution in [2.24, 2.45) is 0 Å². The molecule has 1 aliphatic carbocycles.